The number of nitrogens with zero attached hydrogens (tertiary/aromatic N) is 1. The second-order valence-corrected chi connectivity index (χ2v) is 8.29. The molecule has 1 N–H and O–H groups in total. The Kier molecular flexibility index (Phi) is 8.24. The van der Waals surface area contributed by atoms with E-state index in [1.807, 2.05) is 13.0 Å². The molecular formula is C25H19Cl3N2O3. The molecule has 0 fully saturated rings. The fourth-order valence-electron chi connectivity index (χ4n) is 2.90. The molecule has 168 valence electrons. The smallest absolute Gasteiger partial charge is 0.266 e. The Hall–Kier alpha value is -3.17. The summed E-state index contributed by atoms with van der Waals surface area (Å²) in [6, 6.07) is 17.3. The minimum absolute atomic E-state index is 0.103. The van der Waals surface area contributed by atoms with Crippen LogP contribution in [0.25, 0.3) is 6.08 Å². The lowest BCUT2D eigenvalue weighted by Gasteiger charge is -2.13. The van der Waals surface area contributed by atoms with Crippen molar-refractivity contribution in [3.63, 3.8) is 0 Å². The van der Waals surface area contributed by atoms with Gasteiger partial charge < -0.3 is 14.8 Å². The number of nitriles is 1. The minimum atomic E-state index is -0.564. The SMILES string of the molecule is COc1ccc(/C=C(\C#N)C(=O)Nc2cc(Cl)ccc2C)c(OCc2ccc(Cl)cc2Cl)c1. The second kappa shape index (κ2) is 11.1. The summed E-state index contributed by atoms with van der Waals surface area (Å²) in [5, 5.41) is 13.8. The summed E-state index contributed by atoms with van der Waals surface area (Å²) in [6.45, 7) is 1.98. The third-order valence-corrected chi connectivity index (χ3v) is 5.55. The summed E-state index contributed by atoms with van der Waals surface area (Å²) in [5.41, 5.74) is 2.49. The normalized spacial score (nSPS) is 11.0. The van der Waals surface area contributed by atoms with Crippen LogP contribution < -0.4 is 14.8 Å². The van der Waals surface area contributed by atoms with Crippen LogP contribution in [0.15, 0.2) is 60.2 Å². The van der Waals surface area contributed by atoms with Gasteiger partial charge in [-0.2, -0.15) is 5.26 Å². The van der Waals surface area contributed by atoms with E-state index in [1.165, 1.54) is 13.2 Å². The van der Waals surface area contributed by atoms with Gasteiger partial charge in [0.2, 0.25) is 0 Å². The number of hydrogen-bond acceptors (Lipinski definition) is 4. The van der Waals surface area contributed by atoms with Crippen LogP contribution in [0.5, 0.6) is 11.5 Å². The van der Waals surface area contributed by atoms with E-state index < -0.39 is 5.91 Å². The third kappa shape index (κ3) is 6.43. The first-order valence-corrected chi connectivity index (χ1v) is 10.9. The lowest BCUT2D eigenvalue weighted by atomic mass is 10.1. The number of anilines is 1. The van der Waals surface area contributed by atoms with Gasteiger partial charge in [-0.15, -0.1) is 0 Å². The highest BCUT2D eigenvalue weighted by molar-refractivity contribution is 6.35. The lowest BCUT2D eigenvalue weighted by Crippen LogP contribution is -2.14. The Morgan fingerprint density at radius 2 is 1.79 bits per heavy atom. The van der Waals surface area contributed by atoms with Gasteiger partial charge in [0.1, 0.15) is 29.7 Å². The van der Waals surface area contributed by atoms with Crippen molar-refractivity contribution >= 4 is 52.5 Å². The number of halogens is 3. The number of aryl methyl sites for hydroxylation is 1. The number of hydrogen-bond donors (Lipinski definition) is 1. The van der Waals surface area contributed by atoms with Gasteiger partial charge in [0, 0.05) is 37.9 Å². The Morgan fingerprint density at radius 1 is 1.06 bits per heavy atom. The van der Waals surface area contributed by atoms with Crippen molar-refractivity contribution in [3.05, 3.63) is 91.9 Å². The Labute approximate surface area is 207 Å². The molecule has 0 aliphatic heterocycles. The zero-order chi connectivity index (χ0) is 24.0. The van der Waals surface area contributed by atoms with E-state index >= 15 is 0 Å². The van der Waals surface area contributed by atoms with Crippen molar-refractivity contribution in [2.75, 3.05) is 12.4 Å². The average molecular weight is 502 g/mol. The van der Waals surface area contributed by atoms with Crippen molar-refractivity contribution in [1.82, 2.24) is 0 Å². The van der Waals surface area contributed by atoms with Gasteiger partial charge in [-0.1, -0.05) is 46.9 Å². The number of methoxy groups -OCH3 is 1. The van der Waals surface area contributed by atoms with Gasteiger partial charge in [-0.25, -0.2) is 0 Å². The Balaban J connectivity index is 1.89. The molecule has 0 saturated carbocycles. The topological polar surface area (TPSA) is 71.3 Å². The molecule has 0 radical (unpaired) electrons. The van der Waals surface area contributed by atoms with Crippen LogP contribution >= 0.6 is 34.8 Å². The fourth-order valence-corrected chi connectivity index (χ4v) is 3.54. The highest BCUT2D eigenvalue weighted by Crippen LogP contribution is 2.30. The molecule has 0 aromatic heterocycles. The molecule has 3 rings (SSSR count). The van der Waals surface area contributed by atoms with Crippen LogP contribution in [-0.4, -0.2) is 13.0 Å². The largest absolute Gasteiger partial charge is 0.497 e. The number of amides is 1. The van der Waals surface area contributed by atoms with Crippen molar-refractivity contribution in [2.24, 2.45) is 0 Å². The molecule has 0 aliphatic carbocycles. The zero-order valence-electron chi connectivity index (χ0n) is 17.8. The first-order chi connectivity index (χ1) is 15.8. The third-order valence-electron chi connectivity index (χ3n) is 4.73. The molecule has 3 aromatic carbocycles. The summed E-state index contributed by atoms with van der Waals surface area (Å²) in [6.07, 6.45) is 1.45. The second-order valence-electron chi connectivity index (χ2n) is 7.01. The summed E-state index contributed by atoms with van der Waals surface area (Å²) >= 11 is 18.2. The lowest BCUT2D eigenvalue weighted by molar-refractivity contribution is -0.112. The molecular weight excluding hydrogens is 483 g/mol. The van der Waals surface area contributed by atoms with E-state index in [0.29, 0.717) is 37.8 Å². The maximum atomic E-state index is 12.8. The molecule has 8 heteroatoms. The first kappa shape index (κ1) is 24.5. The average Bonchev–Trinajstić information content (AvgIpc) is 2.79. The maximum Gasteiger partial charge on any atom is 0.266 e. The van der Waals surface area contributed by atoms with Gasteiger partial charge in [-0.3, -0.25) is 4.79 Å². The highest BCUT2D eigenvalue weighted by Gasteiger charge is 2.14. The number of carbonyl (C=O) groups excluding carboxylic acids is 1. The van der Waals surface area contributed by atoms with Crippen LogP contribution in [0.3, 0.4) is 0 Å². The van der Waals surface area contributed by atoms with Gasteiger partial charge in [-0.05, 0) is 55.0 Å². The number of rotatable bonds is 7. The number of carbonyl (C=O) groups is 1. The minimum Gasteiger partial charge on any atom is -0.497 e. The van der Waals surface area contributed by atoms with Crippen molar-refractivity contribution in [3.8, 4) is 17.6 Å². The molecule has 1 amide bonds. The fraction of sp³-hybridized carbons (Fsp3) is 0.120. The predicted octanol–water partition coefficient (Wildman–Crippen LogP) is 7.09. The molecule has 0 spiro atoms. The molecule has 0 aliphatic rings. The van der Waals surface area contributed by atoms with Crippen LogP contribution in [-0.2, 0) is 11.4 Å². The molecule has 0 unspecified atom stereocenters. The molecule has 5 nitrogen and oxygen atoms in total. The van der Waals surface area contributed by atoms with Crippen molar-refractivity contribution in [1.29, 1.82) is 5.26 Å². The molecule has 0 saturated heterocycles. The summed E-state index contributed by atoms with van der Waals surface area (Å²) in [5.74, 6) is 0.409. The Morgan fingerprint density at radius 3 is 2.48 bits per heavy atom. The highest BCUT2D eigenvalue weighted by atomic mass is 35.5. The monoisotopic (exact) mass is 500 g/mol. The molecule has 3 aromatic rings. The summed E-state index contributed by atoms with van der Waals surface area (Å²) < 4.78 is 11.2. The maximum absolute atomic E-state index is 12.8. The van der Waals surface area contributed by atoms with Crippen molar-refractivity contribution in [2.45, 2.75) is 13.5 Å². The summed E-state index contributed by atoms with van der Waals surface area (Å²) in [4.78, 5) is 12.8. The quantitative estimate of drug-likeness (QED) is 0.277. The molecule has 0 bridgehead atoms. The van der Waals surface area contributed by atoms with Crippen LogP contribution in [0, 0.1) is 18.3 Å². The van der Waals surface area contributed by atoms with Crippen LogP contribution in [0.2, 0.25) is 15.1 Å². The van der Waals surface area contributed by atoms with E-state index in [-0.39, 0.29) is 12.2 Å². The van der Waals surface area contributed by atoms with E-state index in [2.05, 4.69) is 5.32 Å². The van der Waals surface area contributed by atoms with Gasteiger partial charge >= 0.3 is 0 Å². The number of benzene rings is 3. The van der Waals surface area contributed by atoms with E-state index in [4.69, 9.17) is 44.3 Å². The standard InChI is InChI=1S/C25H19Cl3N2O3/c1-15-3-6-20(27)11-23(15)30-25(31)18(13-29)9-16-5-8-21(32-2)12-24(16)33-14-17-4-7-19(26)10-22(17)28/h3-12H,14H2,1-2H3,(H,30,31)/b18-9+. The van der Waals surface area contributed by atoms with Gasteiger partial charge in [0.15, 0.2) is 0 Å². The van der Waals surface area contributed by atoms with Crippen LogP contribution in [0.4, 0.5) is 5.69 Å². The molecule has 0 atom stereocenters. The van der Waals surface area contributed by atoms with Gasteiger partial charge in [0.05, 0.1) is 7.11 Å². The Bertz CT molecular complexity index is 1270. The van der Waals surface area contributed by atoms with E-state index in [9.17, 15) is 10.1 Å². The summed E-state index contributed by atoms with van der Waals surface area (Å²) in [7, 11) is 1.53. The number of nitrogens with one attached hydrogen (secondary N) is 1. The van der Waals surface area contributed by atoms with Gasteiger partial charge in [0.25, 0.3) is 5.91 Å². The van der Waals surface area contributed by atoms with Crippen LogP contribution in [0.1, 0.15) is 16.7 Å². The van der Waals surface area contributed by atoms with E-state index in [1.54, 1.807) is 54.6 Å². The van der Waals surface area contributed by atoms with Crippen molar-refractivity contribution < 1.29 is 14.3 Å². The first-order valence-electron chi connectivity index (χ1n) is 9.74. The zero-order valence-corrected chi connectivity index (χ0v) is 20.1. The predicted molar refractivity (Wildman–Crippen MR) is 132 cm³/mol. The van der Waals surface area contributed by atoms with E-state index in [0.717, 1.165) is 11.1 Å². The molecule has 33 heavy (non-hydrogen) atoms. The number of ether oxygens (including phenoxy) is 2. The molecule has 0 heterocycles.